The molecular weight excluding hydrogens is 272 g/mol. The van der Waals surface area contributed by atoms with E-state index in [0.29, 0.717) is 17.3 Å². The lowest BCUT2D eigenvalue weighted by molar-refractivity contribution is 0.174. The third-order valence-corrected chi connectivity index (χ3v) is 4.84. The van der Waals surface area contributed by atoms with Gasteiger partial charge < -0.3 is 9.67 Å². The first-order valence-electron chi connectivity index (χ1n) is 7.43. The first-order valence-corrected chi connectivity index (χ1v) is 7.84. The molecule has 0 amide bonds. The molecule has 20 heavy (non-hydrogen) atoms. The molecule has 6 heteroatoms. The number of hydrogen-bond acceptors (Lipinski definition) is 4. The molecule has 2 rings (SSSR count). The minimum atomic E-state index is -0.0721. The molecule has 1 aromatic rings. The average molecular weight is 298 g/mol. The van der Waals surface area contributed by atoms with Crippen LogP contribution in [-0.4, -0.2) is 37.9 Å². The van der Waals surface area contributed by atoms with E-state index in [9.17, 15) is 5.11 Å². The number of aliphatic hydroxyl groups is 1. The van der Waals surface area contributed by atoms with E-state index in [1.807, 2.05) is 7.05 Å². The molecule has 0 spiro atoms. The largest absolute Gasteiger partial charge is 0.388 e. The summed E-state index contributed by atoms with van der Waals surface area (Å²) < 4.78 is 4.23. The zero-order valence-electron chi connectivity index (χ0n) is 12.7. The Bertz CT molecular complexity index is 488. The van der Waals surface area contributed by atoms with E-state index < -0.39 is 0 Å². The van der Waals surface area contributed by atoms with Gasteiger partial charge in [-0.1, -0.05) is 19.8 Å². The van der Waals surface area contributed by atoms with Crippen molar-refractivity contribution in [2.45, 2.75) is 45.9 Å². The second-order valence-electron chi connectivity index (χ2n) is 6.22. The van der Waals surface area contributed by atoms with Crippen LogP contribution in [0.25, 0.3) is 0 Å². The first-order chi connectivity index (χ1) is 9.51. The summed E-state index contributed by atoms with van der Waals surface area (Å²) >= 11 is 5.34. The lowest BCUT2D eigenvalue weighted by Gasteiger charge is -2.29. The van der Waals surface area contributed by atoms with E-state index in [1.165, 1.54) is 25.7 Å². The highest BCUT2D eigenvalue weighted by molar-refractivity contribution is 7.71. The summed E-state index contributed by atoms with van der Waals surface area (Å²) in [5.74, 6) is 2.31. The predicted octanol–water partition coefficient (Wildman–Crippen LogP) is 2.16. The Hall–Kier alpha value is -0.720. The Labute approximate surface area is 126 Å². The molecule has 1 heterocycles. The van der Waals surface area contributed by atoms with E-state index in [0.717, 1.165) is 18.4 Å². The third kappa shape index (κ3) is 3.68. The highest BCUT2D eigenvalue weighted by atomic mass is 32.1. The van der Waals surface area contributed by atoms with Crippen LogP contribution in [0, 0.1) is 16.6 Å². The molecule has 0 aliphatic heterocycles. The van der Waals surface area contributed by atoms with Gasteiger partial charge in [0.05, 0.1) is 6.67 Å². The average Bonchev–Trinajstić information content (AvgIpc) is 2.69. The molecule has 0 saturated heterocycles. The number of hydrogen-bond donors (Lipinski definition) is 1. The summed E-state index contributed by atoms with van der Waals surface area (Å²) in [6.07, 6.45) is 5.38. The molecule has 1 N–H and O–H groups in total. The molecule has 0 aromatic carbocycles. The van der Waals surface area contributed by atoms with Crippen LogP contribution in [0.2, 0.25) is 0 Å². The molecule has 1 saturated carbocycles. The Balaban J connectivity index is 1.91. The van der Waals surface area contributed by atoms with Gasteiger partial charge in [0.25, 0.3) is 0 Å². The summed E-state index contributed by atoms with van der Waals surface area (Å²) in [4.78, 5) is 2.28. The van der Waals surface area contributed by atoms with Gasteiger partial charge in [-0.3, -0.25) is 4.90 Å². The molecule has 114 valence electrons. The van der Waals surface area contributed by atoms with Crippen molar-refractivity contribution in [2.24, 2.45) is 18.9 Å². The molecule has 1 aromatic heterocycles. The summed E-state index contributed by atoms with van der Waals surface area (Å²) in [6.45, 7) is 4.07. The minimum absolute atomic E-state index is 0.0721. The van der Waals surface area contributed by atoms with Crippen molar-refractivity contribution in [1.29, 1.82) is 0 Å². The zero-order valence-corrected chi connectivity index (χ0v) is 13.6. The maximum absolute atomic E-state index is 9.22. The van der Waals surface area contributed by atoms with Gasteiger partial charge in [0, 0.05) is 13.6 Å². The molecule has 5 nitrogen and oxygen atoms in total. The van der Waals surface area contributed by atoms with Crippen LogP contribution < -0.4 is 0 Å². The number of aliphatic hydroxyl groups excluding tert-OH is 1. The first kappa shape index (κ1) is 15.7. The minimum Gasteiger partial charge on any atom is -0.388 e. The van der Waals surface area contributed by atoms with E-state index >= 15 is 0 Å². The van der Waals surface area contributed by atoms with Crippen LogP contribution in [0.5, 0.6) is 0 Å². The highest BCUT2D eigenvalue weighted by Crippen LogP contribution is 2.28. The van der Waals surface area contributed by atoms with Crippen LogP contribution in [0.3, 0.4) is 0 Å². The fourth-order valence-corrected chi connectivity index (χ4v) is 3.21. The van der Waals surface area contributed by atoms with E-state index in [4.69, 9.17) is 12.2 Å². The molecule has 0 radical (unpaired) electrons. The van der Waals surface area contributed by atoms with Crippen LogP contribution in [0.1, 0.15) is 38.4 Å². The summed E-state index contributed by atoms with van der Waals surface area (Å²) in [6, 6.07) is 0. The maximum Gasteiger partial charge on any atom is 0.198 e. The van der Waals surface area contributed by atoms with Crippen LogP contribution in [0.15, 0.2) is 0 Å². The SMILES string of the molecule is CC1CCC(CN(C)Cn2nc(CO)n(C)c2=S)CC1. The van der Waals surface area contributed by atoms with Crippen LogP contribution in [-0.2, 0) is 20.3 Å². The third-order valence-electron chi connectivity index (χ3n) is 4.35. The number of aromatic nitrogens is 3. The lowest BCUT2D eigenvalue weighted by atomic mass is 9.83. The quantitative estimate of drug-likeness (QED) is 0.846. The standard InChI is InChI=1S/C14H26N4OS/c1-11-4-6-12(7-5-11)8-16(2)10-18-14(20)17(3)13(9-19)15-18/h11-12,19H,4-10H2,1-3H3. The predicted molar refractivity (Wildman–Crippen MR) is 81.7 cm³/mol. The van der Waals surface area contributed by atoms with Crippen molar-refractivity contribution in [3.05, 3.63) is 10.6 Å². The Morgan fingerprint density at radius 1 is 1.35 bits per heavy atom. The van der Waals surface area contributed by atoms with Crippen LogP contribution in [0.4, 0.5) is 0 Å². The molecule has 1 aliphatic rings. The van der Waals surface area contributed by atoms with Crippen molar-refractivity contribution in [3.63, 3.8) is 0 Å². The van der Waals surface area contributed by atoms with Crippen molar-refractivity contribution in [1.82, 2.24) is 19.2 Å². The molecule has 1 fully saturated rings. The fourth-order valence-electron chi connectivity index (χ4n) is 3.00. The fraction of sp³-hybridized carbons (Fsp3) is 0.857. The molecule has 0 atom stereocenters. The van der Waals surface area contributed by atoms with Gasteiger partial charge in [-0.2, -0.15) is 5.10 Å². The van der Waals surface area contributed by atoms with E-state index in [1.54, 1.807) is 9.25 Å². The summed E-state index contributed by atoms with van der Waals surface area (Å²) in [5, 5.41) is 13.6. The number of rotatable bonds is 5. The zero-order chi connectivity index (χ0) is 14.7. The smallest absolute Gasteiger partial charge is 0.198 e. The van der Waals surface area contributed by atoms with E-state index in [-0.39, 0.29) is 6.61 Å². The van der Waals surface area contributed by atoms with Crippen molar-refractivity contribution in [3.8, 4) is 0 Å². The van der Waals surface area contributed by atoms with Crippen LogP contribution >= 0.6 is 12.2 Å². The number of nitrogens with zero attached hydrogens (tertiary/aromatic N) is 4. The van der Waals surface area contributed by atoms with Crippen molar-refractivity contribution in [2.75, 3.05) is 13.6 Å². The van der Waals surface area contributed by atoms with E-state index in [2.05, 4.69) is 24.0 Å². The molecular formula is C14H26N4OS. The Kier molecular flexibility index (Phi) is 5.35. The molecule has 0 unspecified atom stereocenters. The topological polar surface area (TPSA) is 46.2 Å². The van der Waals surface area contributed by atoms with Crippen molar-refractivity contribution < 1.29 is 5.11 Å². The van der Waals surface area contributed by atoms with Gasteiger partial charge in [-0.05, 0) is 43.9 Å². The van der Waals surface area contributed by atoms with Gasteiger partial charge >= 0.3 is 0 Å². The van der Waals surface area contributed by atoms with Gasteiger partial charge in [0.15, 0.2) is 10.6 Å². The molecule has 1 aliphatic carbocycles. The van der Waals surface area contributed by atoms with Gasteiger partial charge in [-0.25, -0.2) is 4.68 Å². The maximum atomic E-state index is 9.22. The molecule has 0 bridgehead atoms. The summed E-state index contributed by atoms with van der Waals surface area (Å²) in [5.41, 5.74) is 0. The van der Waals surface area contributed by atoms with Gasteiger partial charge in [-0.15, -0.1) is 0 Å². The Morgan fingerprint density at radius 3 is 2.55 bits per heavy atom. The Morgan fingerprint density at radius 2 is 2.00 bits per heavy atom. The lowest BCUT2D eigenvalue weighted by Crippen LogP contribution is -2.30. The summed E-state index contributed by atoms with van der Waals surface area (Å²) in [7, 11) is 3.97. The second kappa shape index (κ2) is 6.83. The van der Waals surface area contributed by atoms with Gasteiger partial charge in [0.1, 0.15) is 6.61 Å². The highest BCUT2D eigenvalue weighted by Gasteiger charge is 2.19. The monoisotopic (exact) mass is 298 g/mol. The normalized spacial score (nSPS) is 23.4. The second-order valence-corrected chi connectivity index (χ2v) is 6.59. The van der Waals surface area contributed by atoms with Crippen molar-refractivity contribution >= 4 is 12.2 Å². The van der Waals surface area contributed by atoms with Gasteiger partial charge in [0.2, 0.25) is 0 Å².